The largest absolute Gasteiger partial charge is 0.497 e. The third-order valence-corrected chi connectivity index (χ3v) is 4.21. The number of carbonyl (C=O) groups excluding carboxylic acids is 2. The number of halogens is 1. The van der Waals surface area contributed by atoms with Crippen molar-refractivity contribution in [3.63, 3.8) is 0 Å². The second-order valence-corrected chi connectivity index (χ2v) is 5.77. The predicted molar refractivity (Wildman–Crippen MR) is 95.2 cm³/mol. The molecule has 2 rings (SSSR count). The van der Waals surface area contributed by atoms with Gasteiger partial charge in [-0.2, -0.15) is 0 Å². The van der Waals surface area contributed by atoms with Gasteiger partial charge in [-0.3, -0.25) is 4.79 Å². The van der Waals surface area contributed by atoms with Gasteiger partial charge in [-0.25, -0.2) is 4.79 Å². The van der Waals surface area contributed by atoms with Gasteiger partial charge in [0.05, 0.1) is 26.9 Å². The van der Waals surface area contributed by atoms with Crippen LogP contribution < -0.4 is 18.9 Å². The molecule has 0 saturated carbocycles. The van der Waals surface area contributed by atoms with Gasteiger partial charge in [0.2, 0.25) is 0 Å². The first-order chi connectivity index (χ1) is 11.9. The van der Waals surface area contributed by atoms with Gasteiger partial charge in [0.25, 0.3) is 0 Å². The zero-order chi connectivity index (χ0) is 18.6. The van der Waals surface area contributed by atoms with Gasteiger partial charge in [-0.15, -0.1) is 0 Å². The minimum Gasteiger partial charge on any atom is -0.497 e. The number of rotatable bonds is 6. The molecule has 0 saturated heterocycles. The fourth-order valence-electron chi connectivity index (χ4n) is 2.21. The Morgan fingerprint density at radius 3 is 2.00 bits per heavy atom. The van der Waals surface area contributed by atoms with Gasteiger partial charge in [-0.1, -0.05) is 0 Å². The van der Waals surface area contributed by atoms with E-state index in [-0.39, 0.29) is 22.8 Å². The number of esters is 1. The average molecular weight is 409 g/mol. The highest BCUT2D eigenvalue weighted by atomic mass is 79.9. The van der Waals surface area contributed by atoms with Crippen LogP contribution in [0.5, 0.6) is 23.0 Å². The lowest BCUT2D eigenvalue weighted by molar-refractivity contribution is 0.0730. The van der Waals surface area contributed by atoms with E-state index in [1.54, 1.807) is 30.3 Å². The number of Topliss-reactive ketones (excluding diaryl/α,β-unsaturated/α-hetero) is 1. The number of benzene rings is 2. The number of carbonyl (C=O) groups is 2. The van der Waals surface area contributed by atoms with E-state index in [1.165, 1.54) is 28.3 Å². The van der Waals surface area contributed by atoms with Crippen LogP contribution in [0.25, 0.3) is 0 Å². The molecular weight excluding hydrogens is 392 g/mol. The molecule has 132 valence electrons. The minimum absolute atomic E-state index is 0.0459. The van der Waals surface area contributed by atoms with E-state index in [0.717, 1.165) is 0 Å². The van der Waals surface area contributed by atoms with E-state index >= 15 is 0 Å². The van der Waals surface area contributed by atoms with Crippen LogP contribution in [-0.2, 0) is 0 Å². The Kier molecular flexibility index (Phi) is 6.03. The average Bonchev–Trinajstić information content (AvgIpc) is 2.62. The maximum atomic E-state index is 12.5. The van der Waals surface area contributed by atoms with Crippen molar-refractivity contribution in [1.29, 1.82) is 0 Å². The highest BCUT2D eigenvalue weighted by Gasteiger charge is 2.25. The summed E-state index contributed by atoms with van der Waals surface area (Å²) in [6, 6.07) is 7.97. The monoisotopic (exact) mass is 408 g/mol. The van der Waals surface area contributed by atoms with E-state index in [0.29, 0.717) is 21.5 Å². The second kappa shape index (κ2) is 8.02. The van der Waals surface area contributed by atoms with Gasteiger partial charge in [-0.05, 0) is 47.1 Å². The lowest BCUT2D eigenvalue weighted by Crippen LogP contribution is -2.12. The molecule has 0 amide bonds. The predicted octanol–water partition coefficient (Wildman–Crippen LogP) is 3.90. The Morgan fingerprint density at radius 2 is 1.52 bits per heavy atom. The first-order valence-corrected chi connectivity index (χ1v) is 8.03. The third kappa shape index (κ3) is 3.93. The number of hydrogen-bond acceptors (Lipinski definition) is 6. The molecule has 0 radical (unpaired) electrons. The molecule has 0 bridgehead atoms. The van der Waals surface area contributed by atoms with Gasteiger partial charge < -0.3 is 18.9 Å². The van der Waals surface area contributed by atoms with Crippen molar-refractivity contribution in [3.8, 4) is 23.0 Å². The first kappa shape index (κ1) is 18.8. The number of methoxy groups -OCH3 is 3. The molecule has 0 spiro atoms. The standard InChI is InChI=1S/C18H17BrO6/c1-10(20)15-13(23-3)9-14(24-4)16(19)17(15)25-18(21)11-5-7-12(22-2)8-6-11/h5-9H,1-4H3. The molecular formula is C18H17BrO6. The number of ether oxygens (including phenoxy) is 4. The Labute approximate surface area is 153 Å². The summed E-state index contributed by atoms with van der Waals surface area (Å²) in [7, 11) is 4.42. The summed E-state index contributed by atoms with van der Waals surface area (Å²) in [5.74, 6) is 0.359. The lowest BCUT2D eigenvalue weighted by atomic mass is 10.1. The maximum Gasteiger partial charge on any atom is 0.343 e. The Balaban J connectivity index is 2.49. The van der Waals surface area contributed by atoms with Gasteiger partial charge in [0, 0.05) is 6.07 Å². The molecule has 0 N–H and O–H groups in total. The molecule has 0 unspecified atom stereocenters. The summed E-state index contributed by atoms with van der Waals surface area (Å²) in [6.45, 7) is 1.36. The summed E-state index contributed by atoms with van der Waals surface area (Å²) in [5, 5.41) is 0. The Bertz CT molecular complexity index is 798. The summed E-state index contributed by atoms with van der Waals surface area (Å²) in [6.07, 6.45) is 0. The molecule has 0 aliphatic rings. The van der Waals surface area contributed by atoms with Crippen LogP contribution in [0.2, 0.25) is 0 Å². The second-order valence-electron chi connectivity index (χ2n) is 4.97. The molecule has 6 nitrogen and oxygen atoms in total. The molecule has 2 aromatic carbocycles. The summed E-state index contributed by atoms with van der Waals surface area (Å²) >= 11 is 3.32. The highest BCUT2D eigenvalue weighted by Crippen LogP contribution is 2.43. The summed E-state index contributed by atoms with van der Waals surface area (Å²) in [5.41, 5.74) is 0.459. The molecule has 0 heterocycles. The Morgan fingerprint density at radius 1 is 0.920 bits per heavy atom. The number of ketones is 1. The summed E-state index contributed by atoms with van der Waals surface area (Å²) < 4.78 is 21.4. The van der Waals surface area contributed by atoms with E-state index in [9.17, 15) is 9.59 Å². The Hall–Kier alpha value is -2.54. The summed E-state index contributed by atoms with van der Waals surface area (Å²) in [4.78, 5) is 24.5. The maximum absolute atomic E-state index is 12.5. The van der Waals surface area contributed by atoms with Crippen LogP contribution in [0.15, 0.2) is 34.8 Å². The van der Waals surface area contributed by atoms with Crippen molar-refractivity contribution in [3.05, 3.63) is 45.9 Å². The van der Waals surface area contributed by atoms with Gasteiger partial charge in [0.1, 0.15) is 27.3 Å². The quantitative estimate of drug-likeness (QED) is 0.410. The lowest BCUT2D eigenvalue weighted by Gasteiger charge is -2.16. The molecule has 2 aromatic rings. The van der Waals surface area contributed by atoms with Crippen LogP contribution in [0.3, 0.4) is 0 Å². The van der Waals surface area contributed by atoms with Crippen molar-refractivity contribution in [2.45, 2.75) is 6.92 Å². The van der Waals surface area contributed by atoms with E-state index in [1.807, 2.05) is 0 Å². The van der Waals surface area contributed by atoms with Crippen molar-refractivity contribution < 1.29 is 28.5 Å². The highest BCUT2D eigenvalue weighted by molar-refractivity contribution is 9.10. The molecule has 0 aliphatic carbocycles. The fourth-order valence-corrected chi connectivity index (χ4v) is 2.76. The van der Waals surface area contributed by atoms with Crippen molar-refractivity contribution in [2.24, 2.45) is 0 Å². The van der Waals surface area contributed by atoms with Crippen LogP contribution >= 0.6 is 15.9 Å². The van der Waals surface area contributed by atoms with Crippen LogP contribution in [0.4, 0.5) is 0 Å². The van der Waals surface area contributed by atoms with E-state index in [4.69, 9.17) is 18.9 Å². The van der Waals surface area contributed by atoms with E-state index in [2.05, 4.69) is 15.9 Å². The molecule has 7 heteroatoms. The SMILES string of the molecule is COc1ccc(C(=O)Oc2c(Br)c(OC)cc(OC)c2C(C)=O)cc1. The molecule has 0 fully saturated rings. The van der Waals surface area contributed by atoms with Crippen LogP contribution in [-0.4, -0.2) is 33.1 Å². The van der Waals surface area contributed by atoms with Gasteiger partial charge >= 0.3 is 5.97 Å². The van der Waals surface area contributed by atoms with Gasteiger partial charge in [0.15, 0.2) is 11.5 Å². The molecule has 0 aromatic heterocycles. The minimum atomic E-state index is -0.624. The number of hydrogen-bond donors (Lipinski definition) is 0. The normalized spacial score (nSPS) is 10.1. The van der Waals surface area contributed by atoms with Crippen molar-refractivity contribution >= 4 is 27.7 Å². The van der Waals surface area contributed by atoms with Crippen LogP contribution in [0, 0.1) is 0 Å². The smallest absolute Gasteiger partial charge is 0.343 e. The van der Waals surface area contributed by atoms with E-state index < -0.39 is 5.97 Å². The van der Waals surface area contributed by atoms with Crippen molar-refractivity contribution in [1.82, 2.24) is 0 Å². The van der Waals surface area contributed by atoms with Crippen molar-refractivity contribution in [2.75, 3.05) is 21.3 Å². The zero-order valence-electron chi connectivity index (χ0n) is 14.2. The first-order valence-electron chi connectivity index (χ1n) is 7.24. The van der Waals surface area contributed by atoms with Crippen LogP contribution in [0.1, 0.15) is 27.6 Å². The molecule has 0 aliphatic heterocycles. The third-order valence-electron chi connectivity index (χ3n) is 3.46. The fraction of sp³-hybridized carbons (Fsp3) is 0.222. The zero-order valence-corrected chi connectivity index (χ0v) is 15.8. The molecule has 0 atom stereocenters. The molecule has 25 heavy (non-hydrogen) atoms. The topological polar surface area (TPSA) is 71.1 Å².